The number of hydrazine groups is 1. The number of nitrogens with zero attached hydrogens (tertiary/aromatic N) is 1. The molecular formula is C16H25N3O3. The molecule has 0 spiro atoms. The average molecular weight is 307 g/mol. The molecule has 2 N–H and O–H groups in total. The van der Waals surface area contributed by atoms with E-state index in [-0.39, 0.29) is 18.0 Å². The van der Waals surface area contributed by atoms with Gasteiger partial charge in [-0.25, -0.2) is 10.9 Å². The number of carbonyl (C=O) groups excluding carboxylic acids is 1. The summed E-state index contributed by atoms with van der Waals surface area (Å²) < 4.78 is 10.3. The lowest BCUT2D eigenvalue weighted by atomic mass is 10.0. The highest BCUT2D eigenvalue weighted by Gasteiger charge is 2.32. The number of nitrogens with one attached hydrogen (secondary N) is 2. The fraction of sp³-hybridized carbons (Fsp3) is 0.562. The van der Waals surface area contributed by atoms with Gasteiger partial charge in [-0.3, -0.25) is 4.79 Å². The van der Waals surface area contributed by atoms with Gasteiger partial charge in [0.25, 0.3) is 0 Å². The van der Waals surface area contributed by atoms with Crippen LogP contribution in [0, 0.1) is 6.92 Å². The highest BCUT2D eigenvalue weighted by molar-refractivity contribution is 5.82. The van der Waals surface area contributed by atoms with Crippen LogP contribution in [0.5, 0.6) is 0 Å². The zero-order valence-electron chi connectivity index (χ0n) is 13.6. The van der Waals surface area contributed by atoms with Crippen LogP contribution < -0.4 is 10.9 Å². The van der Waals surface area contributed by atoms with E-state index in [1.165, 1.54) is 11.1 Å². The van der Waals surface area contributed by atoms with Crippen molar-refractivity contribution in [2.24, 2.45) is 0 Å². The molecule has 1 fully saturated rings. The van der Waals surface area contributed by atoms with Crippen molar-refractivity contribution in [3.05, 3.63) is 35.4 Å². The smallest absolute Gasteiger partial charge is 0.241 e. The third-order valence-electron chi connectivity index (χ3n) is 4.01. The van der Waals surface area contributed by atoms with Gasteiger partial charge in [-0.05, 0) is 18.9 Å². The third kappa shape index (κ3) is 4.04. The molecule has 6 heteroatoms. The maximum Gasteiger partial charge on any atom is 0.241 e. The fourth-order valence-electron chi connectivity index (χ4n) is 2.56. The monoisotopic (exact) mass is 307 g/mol. The van der Waals surface area contributed by atoms with Crippen molar-refractivity contribution < 1.29 is 14.3 Å². The molecule has 22 heavy (non-hydrogen) atoms. The molecule has 2 unspecified atom stereocenters. The molecule has 2 atom stereocenters. The summed E-state index contributed by atoms with van der Waals surface area (Å²) in [5.41, 5.74) is 8.70. The first-order valence-corrected chi connectivity index (χ1v) is 7.43. The van der Waals surface area contributed by atoms with Crippen LogP contribution in [-0.2, 0) is 14.3 Å². The van der Waals surface area contributed by atoms with E-state index in [1.54, 1.807) is 26.2 Å². The predicted molar refractivity (Wildman–Crippen MR) is 84.0 cm³/mol. The number of benzene rings is 1. The Morgan fingerprint density at radius 2 is 1.91 bits per heavy atom. The van der Waals surface area contributed by atoms with Crippen LogP contribution in [0.15, 0.2) is 24.3 Å². The van der Waals surface area contributed by atoms with Gasteiger partial charge in [0.15, 0.2) is 6.29 Å². The van der Waals surface area contributed by atoms with E-state index in [4.69, 9.17) is 9.47 Å². The summed E-state index contributed by atoms with van der Waals surface area (Å²) in [6.07, 6.45) is 0.313. The Labute approximate surface area is 131 Å². The quantitative estimate of drug-likeness (QED) is 0.767. The zero-order valence-corrected chi connectivity index (χ0v) is 13.6. The van der Waals surface area contributed by atoms with Crippen LogP contribution in [-0.4, -0.2) is 51.0 Å². The highest BCUT2D eigenvalue weighted by atomic mass is 16.7. The summed E-state index contributed by atoms with van der Waals surface area (Å²) in [6.45, 7) is 2.46. The summed E-state index contributed by atoms with van der Waals surface area (Å²) in [5.74, 6) is 0.0289. The summed E-state index contributed by atoms with van der Waals surface area (Å²) in [5, 5.41) is 0. The maximum absolute atomic E-state index is 12.5. The number of hydrogen-bond donors (Lipinski definition) is 2. The lowest BCUT2D eigenvalue weighted by molar-refractivity contribution is -0.144. The number of methoxy groups -OCH3 is 2. The Kier molecular flexibility index (Phi) is 5.90. The zero-order chi connectivity index (χ0) is 16.1. The molecule has 1 aromatic rings. The number of hydrogen-bond acceptors (Lipinski definition) is 5. The largest absolute Gasteiger partial charge is 0.354 e. The molecule has 0 aliphatic carbocycles. The van der Waals surface area contributed by atoms with Crippen LogP contribution in [0.1, 0.15) is 23.6 Å². The van der Waals surface area contributed by atoms with E-state index in [0.29, 0.717) is 6.54 Å². The second-order valence-corrected chi connectivity index (χ2v) is 5.66. The molecule has 0 radical (unpaired) electrons. The Bertz CT molecular complexity index is 488. The van der Waals surface area contributed by atoms with Crippen molar-refractivity contribution in [2.75, 3.05) is 27.8 Å². The molecular weight excluding hydrogens is 282 g/mol. The Morgan fingerprint density at radius 3 is 2.50 bits per heavy atom. The van der Waals surface area contributed by atoms with Gasteiger partial charge in [0.05, 0.1) is 6.54 Å². The van der Waals surface area contributed by atoms with E-state index in [1.807, 2.05) is 0 Å². The molecule has 1 aliphatic rings. The lowest BCUT2D eigenvalue weighted by Crippen LogP contribution is -2.46. The Morgan fingerprint density at radius 1 is 1.27 bits per heavy atom. The van der Waals surface area contributed by atoms with Gasteiger partial charge < -0.3 is 14.4 Å². The molecule has 0 aromatic heterocycles. The SMILES string of the molecule is COC(CN(C)C(=O)C1CC(c2ccc(C)cc2)NN1)OC. The van der Waals surface area contributed by atoms with Crippen molar-refractivity contribution in [1.82, 2.24) is 15.8 Å². The molecule has 0 bridgehead atoms. The Hall–Kier alpha value is -1.47. The third-order valence-corrected chi connectivity index (χ3v) is 4.01. The van der Waals surface area contributed by atoms with Crippen molar-refractivity contribution in [2.45, 2.75) is 31.7 Å². The summed E-state index contributed by atoms with van der Waals surface area (Å²) >= 11 is 0. The minimum atomic E-state index is -0.406. The topological polar surface area (TPSA) is 62.8 Å². The molecule has 1 saturated heterocycles. The number of ether oxygens (including phenoxy) is 2. The van der Waals surface area contributed by atoms with E-state index in [0.717, 1.165) is 6.42 Å². The van der Waals surface area contributed by atoms with Gasteiger partial charge in [-0.15, -0.1) is 0 Å². The minimum Gasteiger partial charge on any atom is -0.354 e. The molecule has 1 aromatic carbocycles. The maximum atomic E-state index is 12.5. The summed E-state index contributed by atoms with van der Waals surface area (Å²) in [4.78, 5) is 14.1. The van der Waals surface area contributed by atoms with Crippen LogP contribution in [0.4, 0.5) is 0 Å². The Balaban J connectivity index is 1.91. The van der Waals surface area contributed by atoms with Gasteiger partial charge in [-0.2, -0.15) is 0 Å². The number of rotatable bonds is 6. The van der Waals surface area contributed by atoms with Crippen molar-refractivity contribution >= 4 is 5.91 Å². The first-order valence-electron chi connectivity index (χ1n) is 7.43. The molecule has 122 valence electrons. The van der Waals surface area contributed by atoms with Gasteiger partial charge in [0, 0.05) is 27.3 Å². The lowest BCUT2D eigenvalue weighted by Gasteiger charge is -2.24. The first kappa shape index (κ1) is 16.9. The van der Waals surface area contributed by atoms with Crippen molar-refractivity contribution in [3.8, 4) is 0 Å². The first-order chi connectivity index (χ1) is 10.5. The van der Waals surface area contributed by atoms with Crippen LogP contribution >= 0.6 is 0 Å². The highest BCUT2D eigenvalue weighted by Crippen LogP contribution is 2.23. The van der Waals surface area contributed by atoms with E-state index < -0.39 is 6.29 Å². The van der Waals surface area contributed by atoms with Crippen LogP contribution in [0.3, 0.4) is 0 Å². The van der Waals surface area contributed by atoms with Crippen LogP contribution in [0.25, 0.3) is 0 Å². The van der Waals surface area contributed by atoms with Gasteiger partial charge in [-0.1, -0.05) is 29.8 Å². The van der Waals surface area contributed by atoms with Gasteiger partial charge in [0.1, 0.15) is 6.04 Å². The molecule has 1 heterocycles. The number of amides is 1. The average Bonchev–Trinajstić information content (AvgIpc) is 3.02. The normalized spacial score (nSPS) is 21.3. The number of aryl methyl sites for hydroxylation is 1. The van der Waals surface area contributed by atoms with E-state index >= 15 is 0 Å². The van der Waals surface area contributed by atoms with Crippen molar-refractivity contribution in [3.63, 3.8) is 0 Å². The van der Waals surface area contributed by atoms with E-state index in [2.05, 4.69) is 42.0 Å². The van der Waals surface area contributed by atoms with Crippen LogP contribution in [0.2, 0.25) is 0 Å². The summed E-state index contributed by atoms with van der Waals surface area (Å²) in [6, 6.07) is 8.25. The number of likely N-dealkylation sites (N-methyl/N-ethyl adjacent to an activating group) is 1. The standard InChI is InChI=1S/C16H25N3O3/c1-11-5-7-12(8-6-11)13-9-14(18-17-13)16(20)19(2)10-15(21-3)22-4/h5-8,13-15,17-18H,9-10H2,1-4H3. The second kappa shape index (κ2) is 7.69. The molecule has 1 amide bonds. The summed E-state index contributed by atoms with van der Waals surface area (Å²) in [7, 11) is 4.89. The minimum absolute atomic E-state index is 0.0289. The van der Waals surface area contributed by atoms with Gasteiger partial charge >= 0.3 is 0 Å². The number of carbonyl (C=O) groups is 1. The second-order valence-electron chi connectivity index (χ2n) is 5.66. The van der Waals surface area contributed by atoms with Crippen molar-refractivity contribution in [1.29, 1.82) is 0 Å². The molecule has 0 saturated carbocycles. The molecule has 2 rings (SSSR count). The predicted octanol–water partition coefficient (Wildman–Crippen LogP) is 0.980. The molecule has 1 aliphatic heterocycles. The van der Waals surface area contributed by atoms with Gasteiger partial charge in [0.2, 0.25) is 5.91 Å². The molecule has 6 nitrogen and oxygen atoms in total. The van der Waals surface area contributed by atoms with E-state index in [9.17, 15) is 4.79 Å². The fourth-order valence-corrected chi connectivity index (χ4v) is 2.56.